The highest BCUT2D eigenvalue weighted by Crippen LogP contribution is 2.22. The largest absolute Gasteiger partial charge is 0.476 e. The molecule has 0 fully saturated rings. The van der Waals surface area contributed by atoms with Gasteiger partial charge in [-0.3, -0.25) is 0 Å². The van der Waals surface area contributed by atoms with E-state index in [1.807, 2.05) is 0 Å². The topological polar surface area (TPSA) is 122 Å². The fraction of sp³-hybridized carbons (Fsp3) is 0.167. The Hall–Kier alpha value is -1.97. The van der Waals surface area contributed by atoms with E-state index >= 15 is 0 Å². The summed E-state index contributed by atoms with van der Waals surface area (Å²) in [5.41, 5.74) is 0.860. The molecule has 112 valence electrons. The minimum atomic E-state index is -3.69. The number of nitrogens with one attached hydrogen (secondary N) is 1. The van der Waals surface area contributed by atoms with Crippen molar-refractivity contribution in [1.82, 2.24) is 4.98 Å². The minimum absolute atomic E-state index is 0.0343. The van der Waals surface area contributed by atoms with Crippen LogP contribution in [0.25, 0.3) is 0 Å². The van der Waals surface area contributed by atoms with E-state index < -0.39 is 16.0 Å². The Morgan fingerprint density at radius 2 is 2.00 bits per heavy atom. The number of thiazole rings is 1. The predicted octanol–water partition coefficient (Wildman–Crippen LogP) is 1.41. The van der Waals surface area contributed by atoms with Gasteiger partial charge in [-0.25, -0.2) is 23.3 Å². The average Bonchev–Trinajstić information content (AvgIpc) is 2.77. The summed E-state index contributed by atoms with van der Waals surface area (Å²) < 4.78 is 22.3. The van der Waals surface area contributed by atoms with Gasteiger partial charge in [0.15, 0.2) is 10.8 Å². The number of anilines is 1. The summed E-state index contributed by atoms with van der Waals surface area (Å²) in [6.45, 7) is 2.09. The number of aromatic nitrogens is 1. The Labute approximate surface area is 125 Å². The van der Waals surface area contributed by atoms with Gasteiger partial charge >= 0.3 is 5.97 Å². The number of rotatable bonds is 5. The number of carboxylic acid groups (broad SMARTS) is 1. The van der Waals surface area contributed by atoms with Gasteiger partial charge in [0.1, 0.15) is 0 Å². The maximum Gasteiger partial charge on any atom is 0.355 e. The smallest absolute Gasteiger partial charge is 0.355 e. The summed E-state index contributed by atoms with van der Waals surface area (Å²) in [4.78, 5) is 15.5. The molecule has 0 aliphatic rings. The molecule has 21 heavy (non-hydrogen) atoms. The normalized spacial score (nSPS) is 11.3. The van der Waals surface area contributed by atoms with Crippen molar-refractivity contribution in [3.63, 3.8) is 0 Å². The number of aromatic carboxylic acids is 1. The highest BCUT2D eigenvalue weighted by atomic mass is 32.2. The number of hydrogen-bond donors (Lipinski definition) is 3. The first-order valence-electron chi connectivity index (χ1n) is 5.83. The lowest BCUT2D eigenvalue weighted by atomic mass is 10.2. The van der Waals surface area contributed by atoms with E-state index in [-0.39, 0.29) is 10.6 Å². The van der Waals surface area contributed by atoms with Crippen LogP contribution < -0.4 is 10.5 Å². The molecule has 0 atom stereocenters. The third-order valence-electron chi connectivity index (χ3n) is 2.69. The Kier molecular flexibility index (Phi) is 4.26. The fourth-order valence-corrected chi connectivity index (χ4v) is 2.96. The third-order valence-corrected chi connectivity index (χ3v) is 4.55. The van der Waals surface area contributed by atoms with E-state index in [4.69, 9.17) is 10.2 Å². The van der Waals surface area contributed by atoms with E-state index in [9.17, 15) is 13.2 Å². The van der Waals surface area contributed by atoms with Crippen molar-refractivity contribution in [1.29, 1.82) is 0 Å². The standard InChI is InChI=1S/C12H13N3O4S2/c1-7-10(11(16)17)15-12(20-7)14-6-8-2-4-9(5-3-8)21(13,18)19/h2-5H,6H2,1H3,(H,14,15)(H,16,17)(H2,13,18,19). The van der Waals surface area contributed by atoms with E-state index in [0.717, 1.165) is 5.56 Å². The van der Waals surface area contributed by atoms with Crippen molar-refractivity contribution < 1.29 is 18.3 Å². The Balaban J connectivity index is 2.06. The van der Waals surface area contributed by atoms with Gasteiger partial charge in [0.05, 0.1) is 4.90 Å². The zero-order valence-corrected chi connectivity index (χ0v) is 12.7. The molecule has 2 aromatic rings. The number of benzene rings is 1. The van der Waals surface area contributed by atoms with Crippen LogP contribution in [0.4, 0.5) is 5.13 Å². The number of primary sulfonamides is 1. The van der Waals surface area contributed by atoms with E-state index in [1.165, 1.54) is 23.5 Å². The second kappa shape index (κ2) is 5.80. The number of aryl methyl sites for hydroxylation is 1. The molecule has 0 saturated carbocycles. The molecule has 0 aliphatic heterocycles. The molecular weight excluding hydrogens is 314 g/mol. The lowest BCUT2D eigenvalue weighted by molar-refractivity contribution is 0.0690. The predicted molar refractivity (Wildman–Crippen MR) is 79.0 cm³/mol. The van der Waals surface area contributed by atoms with Crippen molar-refractivity contribution in [3.05, 3.63) is 40.4 Å². The molecule has 1 heterocycles. The quantitative estimate of drug-likeness (QED) is 0.763. The van der Waals surface area contributed by atoms with Crippen LogP contribution in [0.15, 0.2) is 29.2 Å². The molecule has 1 aromatic carbocycles. The first-order chi connectivity index (χ1) is 9.77. The molecular formula is C12H13N3O4S2. The van der Waals surface area contributed by atoms with Crippen molar-refractivity contribution in [3.8, 4) is 0 Å². The van der Waals surface area contributed by atoms with Gasteiger partial charge in [-0.1, -0.05) is 12.1 Å². The van der Waals surface area contributed by atoms with E-state index in [1.54, 1.807) is 19.1 Å². The van der Waals surface area contributed by atoms with Gasteiger partial charge in [0.2, 0.25) is 10.0 Å². The zero-order valence-electron chi connectivity index (χ0n) is 11.0. The lowest BCUT2D eigenvalue weighted by Crippen LogP contribution is -2.12. The van der Waals surface area contributed by atoms with Gasteiger partial charge in [0.25, 0.3) is 0 Å². The summed E-state index contributed by atoms with van der Waals surface area (Å²) in [6, 6.07) is 6.10. The Bertz CT molecular complexity index is 766. The molecule has 0 radical (unpaired) electrons. The summed E-state index contributed by atoms with van der Waals surface area (Å²) in [7, 11) is -3.69. The molecule has 9 heteroatoms. The van der Waals surface area contributed by atoms with E-state index in [2.05, 4.69) is 10.3 Å². The van der Waals surface area contributed by atoms with Crippen molar-refractivity contribution in [2.75, 3.05) is 5.32 Å². The van der Waals surface area contributed by atoms with Gasteiger partial charge in [-0.2, -0.15) is 0 Å². The molecule has 0 spiro atoms. The summed E-state index contributed by atoms with van der Waals surface area (Å²) >= 11 is 1.25. The Morgan fingerprint density at radius 1 is 1.38 bits per heavy atom. The molecule has 2 rings (SSSR count). The van der Waals surface area contributed by atoms with Gasteiger partial charge in [0, 0.05) is 11.4 Å². The van der Waals surface area contributed by atoms with Crippen LogP contribution in [-0.4, -0.2) is 24.5 Å². The molecule has 0 unspecified atom stereocenters. The number of carbonyl (C=O) groups is 1. The first-order valence-corrected chi connectivity index (χ1v) is 8.20. The lowest BCUT2D eigenvalue weighted by Gasteiger charge is -2.04. The zero-order chi connectivity index (χ0) is 15.6. The minimum Gasteiger partial charge on any atom is -0.476 e. The van der Waals surface area contributed by atoms with Gasteiger partial charge in [-0.15, -0.1) is 11.3 Å². The SMILES string of the molecule is Cc1sc(NCc2ccc(S(N)(=O)=O)cc2)nc1C(=O)O. The van der Waals surface area contributed by atoms with Crippen LogP contribution in [0.5, 0.6) is 0 Å². The van der Waals surface area contributed by atoms with Gasteiger partial charge < -0.3 is 10.4 Å². The maximum atomic E-state index is 11.1. The van der Waals surface area contributed by atoms with Crippen LogP contribution in [0.1, 0.15) is 20.9 Å². The number of sulfonamides is 1. The second-order valence-corrected chi connectivity index (χ2v) is 7.04. The van der Waals surface area contributed by atoms with Crippen LogP contribution in [0.2, 0.25) is 0 Å². The molecule has 0 saturated heterocycles. The molecule has 1 aromatic heterocycles. The number of hydrogen-bond acceptors (Lipinski definition) is 6. The highest BCUT2D eigenvalue weighted by molar-refractivity contribution is 7.89. The molecule has 4 N–H and O–H groups in total. The number of nitrogens with two attached hydrogens (primary N) is 1. The number of nitrogens with zero attached hydrogens (tertiary/aromatic N) is 1. The monoisotopic (exact) mass is 327 g/mol. The van der Waals surface area contributed by atoms with Crippen LogP contribution >= 0.6 is 11.3 Å². The molecule has 7 nitrogen and oxygen atoms in total. The maximum absolute atomic E-state index is 11.1. The molecule has 0 amide bonds. The summed E-state index contributed by atoms with van der Waals surface area (Å²) in [5, 5.41) is 17.4. The molecule has 0 aliphatic carbocycles. The number of carboxylic acids is 1. The van der Waals surface area contributed by atoms with E-state index in [0.29, 0.717) is 16.6 Å². The second-order valence-electron chi connectivity index (χ2n) is 4.27. The fourth-order valence-electron chi connectivity index (χ4n) is 1.65. The van der Waals surface area contributed by atoms with Crippen LogP contribution in [0, 0.1) is 6.92 Å². The summed E-state index contributed by atoms with van der Waals surface area (Å²) in [6.07, 6.45) is 0. The van der Waals surface area contributed by atoms with Crippen molar-refractivity contribution in [2.45, 2.75) is 18.4 Å². The van der Waals surface area contributed by atoms with Crippen LogP contribution in [-0.2, 0) is 16.6 Å². The first kappa shape index (κ1) is 15.4. The van der Waals surface area contributed by atoms with Crippen molar-refractivity contribution in [2.24, 2.45) is 5.14 Å². The van der Waals surface area contributed by atoms with Gasteiger partial charge in [-0.05, 0) is 24.6 Å². The Morgan fingerprint density at radius 3 is 2.48 bits per heavy atom. The third kappa shape index (κ3) is 3.78. The molecule has 0 bridgehead atoms. The van der Waals surface area contributed by atoms with Crippen molar-refractivity contribution >= 4 is 32.5 Å². The summed E-state index contributed by atoms with van der Waals surface area (Å²) in [5.74, 6) is -1.06. The van der Waals surface area contributed by atoms with Crippen LogP contribution in [0.3, 0.4) is 0 Å². The highest BCUT2D eigenvalue weighted by Gasteiger charge is 2.13. The average molecular weight is 327 g/mol.